The van der Waals surface area contributed by atoms with Crippen molar-refractivity contribution >= 4 is 27.0 Å². The minimum absolute atomic E-state index is 0.331. The van der Waals surface area contributed by atoms with Gasteiger partial charge in [-0.05, 0) is 11.4 Å². The summed E-state index contributed by atoms with van der Waals surface area (Å²) in [6, 6.07) is 1.71. The normalized spacial score (nSPS) is 28.3. The van der Waals surface area contributed by atoms with Crippen LogP contribution < -0.4 is 0 Å². The highest BCUT2D eigenvalue weighted by atomic mass is 32.2. The van der Waals surface area contributed by atoms with Crippen LogP contribution in [0.4, 0.5) is 0 Å². The minimum atomic E-state index is -2.38. The highest BCUT2D eigenvalue weighted by Crippen LogP contribution is 2.29. The molecule has 0 N–H and O–H groups in total. The average Bonchev–Trinajstić information content (AvgIpc) is 2.37. The van der Waals surface area contributed by atoms with E-state index in [2.05, 4.69) is 4.36 Å². The molecule has 1 aromatic heterocycles. The number of thiophene rings is 1. The number of hydrogen-bond acceptors (Lipinski definition) is 3. The summed E-state index contributed by atoms with van der Waals surface area (Å²) in [5.74, 6) is -0.331. The van der Waals surface area contributed by atoms with Gasteiger partial charge in [-0.15, -0.1) is 11.3 Å². The fourth-order valence-corrected chi connectivity index (χ4v) is 3.68. The monoisotopic (exact) mass is 187 g/mol. The SMILES string of the molecule is CS1(=O)=NC(=O)c2sccc21. The zero-order valence-electron chi connectivity index (χ0n) is 5.73. The van der Waals surface area contributed by atoms with Crippen LogP contribution >= 0.6 is 11.3 Å². The van der Waals surface area contributed by atoms with Crippen molar-refractivity contribution in [2.75, 3.05) is 6.26 Å². The van der Waals surface area contributed by atoms with Crippen molar-refractivity contribution in [3.63, 3.8) is 0 Å². The number of nitrogens with zero attached hydrogens (tertiary/aromatic N) is 1. The summed E-state index contributed by atoms with van der Waals surface area (Å²) in [5.41, 5.74) is 0. The van der Waals surface area contributed by atoms with Crippen molar-refractivity contribution in [1.82, 2.24) is 0 Å². The first-order valence-corrected chi connectivity index (χ1v) is 5.75. The first-order chi connectivity index (χ1) is 5.11. The Bertz CT molecular complexity index is 437. The Hall–Kier alpha value is -0.680. The predicted molar refractivity (Wildman–Crippen MR) is 43.4 cm³/mol. The Morgan fingerprint density at radius 1 is 1.64 bits per heavy atom. The number of hydrogen-bond donors (Lipinski definition) is 0. The zero-order valence-corrected chi connectivity index (χ0v) is 7.37. The Morgan fingerprint density at radius 3 is 3.00 bits per heavy atom. The van der Waals surface area contributed by atoms with E-state index in [0.29, 0.717) is 9.77 Å². The highest BCUT2D eigenvalue weighted by molar-refractivity contribution is 7.94. The van der Waals surface area contributed by atoms with Gasteiger partial charge in [0, 0.05) is 6.26 Å². The fourth-order valence-electron chi connectivity index (χ4n) is 1.00. The smallest absolute Gasteiger partial charge is 0.265 e. The second kappa shape index (κ2) is 1.92. The van der Waals surface area contributed by atoms with Crippen LogP contribution in [0.1, 0.15) is 9.67 Å². The Kier molecular flexibility index (Phi) is 1.22. The second-order valence-electron chi connectivity index (χ2n) is 2.31. The first-order valence-electron chi connectivity index (χ1n) is 2.95. The standard InChI is InChI=1S/C6H5NO2S2/c1-11(9)4-2-3-10-5(4)6(8)7-11/h2-3H,1H3. The number of rotatable bonds is 0. The van der Waals surface area contributed by atoms with Gasteiger partial charge < -0.3 is 0 Å². The number of fused-ring (bicyclic) bond motifs is 1. The lowest BCUT2D eigenvalue weighted by Crippen LogP contribution is -1.89. The van der Waals surface area contributed by atoms with Crippen LogP contribution in [0.5, 0.6) is 0 Å². The highest BCUT2D eigenvalue weighted by Gasteiger charge is 2.26. The van der Waals surface area contributed by atoms with Crippen molar-refractivity contribution in [1.29, 1.82) is 0 Å². The molecule has 0 bridgehead atoms. The van der Waals surface area contributed by atoms with E-state index in [0.717, 1.165) is 0 Å². The molecule has 1 amide bonds. The number of amides is 1. The molecule has 11 heavy (non-hydrogen) atoms. The van der Waals surface area contributed by atoms with Crippen molar-refractivity contribution in [2.24, 2.45) is 4.36 Å². The van der Waals surface area contributed by atoms with Gasteiger partial charge in [0.05, 0.1) is 14.6 Å². The Morgan fingerprint density at radius 2 is 2.36 bits per heavy atom. The van der Waals surface area contributed by atoms with Crippen LogP contribution in [0, 0.1) is 0 Å². The van der Waals surface area contributed by atoms with E-state index in [4.69, 9.17) is 0 Å². The molecule has 2 rings (SSSR count). The van der Waals surface area contributed by atoms with E-state index >= 15 is 0 Å². The molecule has 0 aliphatic carbocycles. The van der Waals surface area contributed by atoms with E-state index in [1.54, 1.807) is 11.4 Å². The van der Waals surface area contributed by atoms with Gasteiger partial charge in [-0.1, -0.05) is 0 Å². The van der Waals surface area contributed by atoms with Gasteiger partial charge in [0.2, 0.25) is 0 Å². The molecule has 1 aromatic rings. The van der Waals surface area contributed by atoms with Crippen LogP contribution in [-0.2, 0) is 9.73 Å². The van der Waals surface area contributed by atoms with E-state index in [-0.39, 0.29) is 5.91 Å². The van der Waals surface area contributed by atoms with Gasteiger partial charge in [0.15, 0.2) is 0 Å². The van der Waals surface area contributed by atoms with E-state index in [1.807, 2.05) is 0 Å². The van der Waals surface area contributed by atoms with Gasteiger partial charge in [-0.3, -0.25) is 4.79 Å². The Balaban J connectivity index is 2.89. The lowest BCUT2D eigenvalue weighted by molar-refractivity contribution is 0.101. The maximum Gasteiger partial charge on any atom is 0.296 e. The third-order valence-corrected chi connectivity index (χ3v) is 4.19. The summed E-state index contributed by atoms with van der Waals surface area (Å²) in [7, 11) is -2.38. The molecule has 1 aliphatic heterocycles. The number of carbonyl (C=O) groups excluding carboxylic acids is 1. The van der Waals surface area contributed by atoms with Crippen molar-refractivity contribution < 1.29 is 9.00 Å². The molecular formula is C6H5NO2S2. The molecule has 58 valence electrons. The van der Waals surface area contributed by atoms with Crippen molar-refractivity contribution in [3.05, 3.63) is 16.3 Å². The molecule has 0 saturated heterocycles. The van der Waals surface area contributed by atoms with Crippen LogP contribution in [-0.4, -0.2) is 16.4 Å². The number of carbonyl (C=O) groups is 1. The minimum Gasteiger partial charge on any atom is -0.265 e. The molecule has 2 heterocycles. The van der Waals surface area contributed by atoms with Gasteiger partial charge in [-0.2, -0.15) is 4.36 Å². The zero-order chi connectivity index (χ0) is 8.06. The lowest BCUT2D eigenvalue weighted by Gasteiger charge is -1.89. The van der Waals surface area contributed by atoms with E-state index in [9.17, 15) is 9.00 Å². The molecule has 0 fully saturated rings. The summed E-state index contributed by atoms with van der Waals surface area (Å²) >= 11 is 1.30. The van der Waals surface area contributed by atoms with Crippen LogP contribution in [0.15, 0.2) is 20.7 Å². The molecule has 1 unspecified atom stereocenters. The predicted octanol–water partition coefficient (Wildman–Crippen LogP) is 1.36. The molecule has 0 radical (unpaired) electrons. The summed E-state index contributed by atoms with van der Waals surface area (Å²) in [4.78, 5) is 12.2. The lowest BCUT2D eigenvalue weighted by atomic mass is 10.5. The van der Waals surface area contributed by atoms with Crippen molar-refractivity contribution in [3.8, 4) is 0 Å². The molecule has 0 aromatic carbocycles. The molecule has 1 aliphatic rings. The van der Waals surface area contributed by atoms with Crippen LogP contribution in [0.25, 0.3) is 0 Å². The maximum absolute atomic E-state index is 11.5. The van der Waals surface area contributed by atoms with Crippen LogP contribution in [0.3, 0.4) is 0 Å². The quantitative estimate of drug-likeness (QED) is 0.615. The summed E-state index contributed by atoms with van der Waals surface area (Å²) < 4.78 is 15.0. The Labute approximate surface area is 68.2 Å². The largest absolute Gasteiger partial charge is 0.296 e. The molecule has 5 heteroatoms. The second-order valence-corrected chi connectivity index (χ2v) is 5.46. The molecule has 0 spiro atoms. The van der Waals surface area contributed by atoms with Gasteiger partial charge in [0.1, 0.15) is 4.88 Å². The maximum atomic E-state index is 11.5. The van der Waals surface area contributed by atoms with E-state index < -0.39 is 9.73 Å². The third-order valence-electron chi connectivity index (χ3n) is 1.49. The summed E-state index contributed by atoms with van der Waals surface area (Å²) in [5, 5.41) is 1.76. The van der Waals surface area contributed by atoms with Crippen molar-refractivity contribution in [2.45, 2.75) is 4.90 Å². The van der Waals surface area contributed by atoms with Gasteiger partial charge in [0.25, 0.3) is 5.91 Å². The topological polar surface area (TPSA) is 46.5 Å². The first kappa shape index (κ1) is 7.00. The molecule has 3 nitrogen and oxygen atoms in total. The van der Waals surface area contributed by atoms with E-state index in [1.165, 1.54) is 17.6 Å². The molecule has 1 atom stereocenters. The molecular weight excluding hydrogens is 182 g/mol. The summed E-state index contributed by atoms with van der Waals surface area (Å²) in [6.07, 6.45) is 1.49. The van der Waals surface area contributed by atoms with Gasteiger partial charge >= 0.3 is 0 Å². The summed E-state index contributed by atoms with van der Waals surface area (Å²) in [6.45, 7) is 0. The fraction of sp³-hybridized carbons (Fsp3) is 0.167. The average molecular weight is 187 g/mol. The third kappa shape index (κ3) is 0.844. The van der Waals surface area contributed by atoms with Crippen LogP contribution in [0.2, 0.25) is 0 Å². The van der Waals surface area contributed by atoms with Gasteiger partial charge in [-0.25, -0.2) is 4.21 Å². The molecule has 0 saturated carbocycles.